The second-order valence-electron chi connectivity index (χ2n) is 4.37. The minimum atomic E-state index is -0.906. The maximum Gasteiger partial charge on any atom is 0.256 e. The van der Waals surface area contributed by atoms with E-state index in [-0.39, 0.29) is 11.6 Å². The van der Waals surface area contributed by atoms with Gasteiger partial charge < -0.3 is 5.32 Å². The van der Waals surface area contributed by atoms with Crippen LogP contribution in [0.4, 0.5) is 8.78 Å². The molecule has 18 heavy (non-hydrogen) atoms. The standard InChI is InChI=1S/C12H13F2N3O/c1-6(2)15-12-16-10(11(18)17-12)7-3-8(13)5-9(14)4-7/h3-6,10H,1-2H3,(H2,15,16,17,18). The maximum atomic E-state index is 13.1. The van der Waals surface area contributed by atoms with Crippen molar-refractivity contribution in [2.75, 3.05) is 0 Å². The fourth-order valence-electron chi connectivity index (χ4n) is 1.71. The summed E-state index contributed by atoms with van der Waals surface area (Å²) >= 11 is 0. The summed E-state index contributed by atoms with van der Waals surface area (Å²) in [6.45, 7) is 3.79. The molecular weight excluding hydrogens is 240 g/mol. The van der Waals surface area contributed by atoms with Crippen LogP contribution in [0.25, 0.3) is 0 Å². The topological polar surface area (TPSA) is 53.5 Å². The fraction of sp³-hybridized carbons (Fsp3) is 0.333. The Kier molecular flexibility index (Phi) is 3.27. The first kappa shape index (κ1) is 12.5. The van der Waals surface area contributed by atoms with Gasteiger partial charge in [-0.3, -0.25) is 10.1 Å². The van der Waals surface area contributed by atoms with Gasteiger partial charge in [-0.15, -0.1) is 0 Å². The molecule has 0 saturated carbocycles. The van der Waals surface area contributed by atoms with Gasteiger partial charge >= 0.3 is 0 Å². The summed E-state index contributed by atoms with van der Waals surface area (Å²) in [5.74, 6) is -1.52. The Labute approximate surface area is 103 Å². The van der Waals surface area contributed by atoms with Crippen molar-refractivity contribution in [3.05, 3.63) is 35.4 Å². The highest BCUT2D eigenvalue weighted by atomic mass is 19.1. The molecule has 1 amide bonds. The molecule has 1 heterocycles. The number of aliphatic imine (C=N–C) groups is 1. The molecule has 1 unspecified atom stereocenters. The number of benzene rings is 1. The summed E-state index contributed by atoms with van der Waals surface area (Å²) in [5, 5.41) is 5.46. The molecule has 4 nitrogen and oxygen atoms in total. The first-order valence-electron chi connectivity index (χ1n) is 5.57. The minimum absolute atomic E-state index is 0.104. The molecule has 1 aromatic rings. The third-order valence-corrected chi connectivity index (χ3v) is 2.37. The number of amides is 1. The van der Waals surface area contributed by atoms with Crippen molar-refractivity contribution < 1.29 is 13.6 Å². The van der Waals surface area contributed by atoms with Gasteiger partial charge in [0, 0.05) is 12.1 Å². The van der Waals surface area contributed by atoms with E-state index in [1.165, 1.54) is 0 Å². The highest BCUT2D eigenvalue weighted by molar-refractivity contribution is 6.05. The average molecular weight is 253 g/mol. The van der Waals surface area contributed by atoms with E-state index < -0.39 is 23.6 Å². The first-order chi connectivity index (χ1) is 8.45. The monoisotopic (exact) mass is 253 g/mol. The van der Waals surface area contributed by atoms with Crippen LogP contribution in [0.5, 0.6) is 0 Å². The summed E-state index contributed by atoms with van der Waals surface area (Å²) in [6.07, 6.45) is 0. The van der Waals surface area contributed by atoms with Crippen molar-refractivity contribution in [1.82, 2.24) is 10.6 Å². The van der Waals surface area contributed by atoms with Crippen molar-refractivity contribution in [1.29, 1.82) is 0 Å². The number of nitrogens with zero attached hydrogens (tertiary/aromatic N) is 1. The fourth-order valence-corrected chi connectivity index (χ4v) is 1.71. The van der Waals surface area contributed by atoms with Crippen molar-refractivity contribution in [3.8, 4) is 0 Å². The van der Waals surface area contributed by atoms with Crippen LogP contribution >= 0.6 is 0 Å². The third kappa shape index (κ3) is 2.64. The molecule has 0 radical (unpaired) electrons. The Morgan fingerprint density at radius 2 is 1.89 bits per heavy atom. The molecule has 96 valence electrons. The molecule has 1 aromatic carbocycles. The van der Waals surface area contributed by atoms with E-state index in [1.807, 2.05) is 13.8 Å². The second-order valence-corrected chi connectivity index (χ2v) is 4.37. The average Bonchev–Trinajstić information content (AvgIpc) is 2.56. The van der Waals surface area contributed by atoms with Crippen molar-refractivity contribution in [2.24, 2.45) is 4.99 Å². The highest BCUT2D eigenvalue weighted by Crippen LogP contribution is 2.22. The molecule has 0 bridgehead atoms. The molecule has 0 saturated heterocycles. The molecule has 2 N–H and O–H groups in total. The molecule has 0 aliphatic carbocycles. The van der Waals surface area contributed by atoms with Gasteiger partial charge in [-0.1, -0.05) is 0 Å². The van der Waals surface area contributed by atoms with Crippen LogP contribution in [-0.4, -0.2) is 17.9 Å². The smallest absolute Gasteiger partial charge is 0.256 e. The van der Waals surface area contributed by atoms with Crippen LogP contribution in [0.3, 0.4) is 0 Å². The van der Waals surface area contributed by atoms with Gasteiger partial charge in [0.1, 0.15) is 11.6 Å². The maximum absolute atomic E-state index is 13.1. The Morgan fingerprint density at radius 3 is 2.44 bits per heavy atom. The largest absolute Gasteiger partial charge is 0.354 e. The normalized spacial score (nSPS) is 18.8. The number of guanidine groups is 1. The molecule has 1 aliphatic heterocycles. The lowest BCUT2D eigenvalue weighted by Gasteiger charge is -2.07. The van der Waals surface area contributed by atoms with Crippen LogP contribution in [-0.2, 0) is 4.79 Å². The zero-order chi connectivity index (χ0) is 13.3. The minimum Gasteiger partial charge on any atom is -0.354 e. The van der Waals surface area contributed by atoms with Gasteiger partial charge in [0.25, 0.3) is 5.91 Å². The van der Waals surface area contributed by atoms with E-state index >= 15 is 0 Å². The van der Waals surface area contributed by atoms with E-state index in [2.05, 4.69) is 15.6 Å². The predicted molar refractivity (Wildman–Crippen MR) is 62.9 cm³/mol. The molecule has 1 atom stereocenters. The molecule has 0 spiro atoms. The highest BCUT2D eigenvalue weighted by Gasteiger charge is 2.28. The summed E-state index contributed by atoms with van der Waals surface area (Å²) in [4.78, 5) is 15.8. The van der Waals surface area contributed by atoms with E-state index in [0.717, 1.165) is 18.2 Å². The molecule has 6 heteroatoms. The molecule has 0 fully saturated rings. The lowest BCUT2D eigenvalue weighted by Crippen LogP contribution is -2.40. The van der Waals surface area contributed by atoms with E-state index in [9.17, 15) is 13.6 Å². The van der Waals surface area contributed by atoms with E-state index in [1.54, 1.807) is 0 Å². The Bertz CT molecular complexity index is 494. The third-order valence-electron chi connectivity index (χ3n) is 2.37. The van der Waals surface area contributed by atoms with Crippen molar-refractivity contribution in [2.45, 2.75) is 25.9 Å². The molecule has 2 rings (SSSR count). The van der Waals surface area contributed by atoms with Crippen LogP contribution in [0, 0.1) is 11.6 Å². The molecular formula is C12H13F2N3O. The van der Waals surface area contributed by atoms with Crippen molar-refractivity contribution in [3.63, 3.8) is 0 Å². The van der Waals surface area contributed by atoms with Gasteiger partial charge in [0.05, 0.1) is 0 Å². The summed E-state index contributed by atoms with van der Waals surface area (Å²) in [5.41, 5.74) is 0.200. The van der Waals surface area contributed by atoms with Gasteiger partial charge in [-0.25, -0.2) is 13.8 Å². The number of halogens is 2. The number of hydrogen-bond donors (Lipinski definition) is 2. The number of rotatable bonds is 2. The zero-order valence-corrected chi connectivity index (χ0v) is 10.00. The summed E-state index contributed by atoms with van der Waals surface area (Å²) in [7, 11) is 0. The number of hydrogen-bond acceptors (Lipinski definition) is 3. The summed E-state index contributed by atoms with van der Waals surface area (Å²) in [6, 6.07) is 2.17. The van der Waals surface area contributed by atoms with E-state index in [4.69, 9.17) is 0 Å². The molecule has 0 aromatic heterocycles. The Balaban J connectivity index is 2.27. The lowest BCUT2D eigenvalue weighted by atomic mass is 10.1. The van der Waals surface area contributed by atoms with Crippen LogP contribution < -0.4 is 10.6 Å². The van der Waals surface area contributed by atoms with Gasteiger partial charge in [-0.2, -0.15) is 0 Å². The predicted octanol–water partition coefficient (Wildman–Crippen LogP) is 1.49. The molecule has 1 aliphatic rings. The van der Waals surface area contributed by atoms with Crippen LogP contribution in [0.1, 0.15) is 25.5 Å². The Morgan fingerprint density at radius 1 is 1.28 bits per heavy atom. The number of nitrogens with one attached hydrogen (secondary N) is 2. The Hall–Kier alpha value is -1.98. The summed E-state index contributed by atoms with van der Waals surface area (Å²) < 4.78 is 26.2. The SMILES string of the molecule is CC(C)NC1=NC(c2cc(F)cc(F)c2)C(=O)N1. The van der Waals surface area contributed by atoms with Crippen LogP contribution in [0.15, 0.2) is 23.2 Å². The van der Waals surface area contributed by atoms with Crippen molar-refractivity contribution >= 4 is 11.9 Å². The zero-order valence-electron chi connectivity index (χ0n) is 10.00. The van der Waals surface area contributed by atoms with E-state index in [0.29, 0.717) is 5.96 Å². The number of carbonyl (C=O) groups excluding carboxylic acids is 1. The first-order valence-corrected chi connectivity index (χ1v) is 5.57. The number of carbonyl (C=O) groups is 1. The van der Waals surface area contributed by atoms with Gasteiger partial charge in [0.2, 0.25) is 0 Å². The quantitative estimate of drug-likeness (QED) is 0.839. The van der Waals surface area contributed by atoms with Gasteiger partial charge in [0.15, 0.2) is 12.0 Å². The van der Waals surface area contributed by atoms with Gasteiger partial charge in [-0.05, 0) is 31.5 Å². The second kappa shape index (κ2) is 4.72. The van der Waals surface area contributed by atoms with Crippen LogP contribution in [0.2, 0.25) is 0 Å². The lowest BCUT2D eigenvalue weighted by molar-refractivity contribution is -0.120.